The average Bonchev–Trinajstić information content (AvgIpc) is 3.47. The minimum atomic E-state index is -0.557. The van der Waals surface area contributed by atoms with Crippen molar-refractivity contribution in [3.63, 3.8) is 0 Å². The van der Waals surface area contributed by atoms with Crippen LogP contribution in [0.3, 0.4) is 0 Å². The number of carbonyl (C=O) groups excluding carboxylic acids is 2. The van der Waals surface area contributed by atoms with Gasteiger partial charge in [0.15, 0.2) is 0 Å². The number of rotatable bonds is 10. The minimum Gasteiger partial charge on any atom is -0.442 e. The van der Waals surface area contributed by atoms with E-state index in [9.17, 15) is 14.0 Å². The fourth-order valence-corrected chi connectivity index (χ4v) is 4.19. The number of ether oxygens (including phenoxy) is 1. The summed E-state index contributed by atoms with van der Waals surface area (Å²) >= 11 is 1.57. The Balaban J connectivity index is 1.31. The van der Waals surface area contributed by atoms with Crippen molar-refractivity contribution in [2.24, 2.45) is 0 Å². The van der Waals surface area contributed by atoms with Gasteiger partial charge >= 0.3 is 6.09 Å². The molecule has 3 N–H and O–H groups in total. The lowest BCUT2D eigenvalue weighted by molar-refractivity contribution is -0.119. The zero-order chi connectivity index (χ0) is 23.9. The number of cyclic esters (lactones) is 1. The number of nitrogens with zero attached hydrogens (tertiary/aromatic N) is 3. The van der Waals surface area contributed by atoms with E-state index in [1.165, 1.54) is 17.9 Å². The summed E-state index contributed by atoms with van der Waals surface area (Å²) in [6.45, 7) is 3.37. The standard InChI is InChI=1S/C23H25FN6O3S/c1-15(31)26-12-19-13-30(23(32)33-19)18-6-7-20(21(24)10-18)17-4-2-16(3-5-17)11-25-8-9-34-22-27-14-28-29-22/h2-7,10,14,19,25H,8-9,11-13H2,1H3,(H,26,31)(H,27,28,29)/t19-/m0/s1. The summed E-state index contributed by atoms with van der Waals surface area (Å²) in [6.07, 6.45) is 0.527. The second-order valence-corrected chi connectivity index (χ2v) is 8.78. The molecule has 0 spiro atoms. The monoisotopic (exact) mass is 484 g/mol. The molecule has 2 amide bonds. The van der Waals surface area contributed by atoms with Gasteiger partial charge in [0.2, 0.25) is 11.1 Å². The summed E-state index contributed by atoms with van der Waals surface area (Å²) in [5.74, 6) is 0.227. The molecule has 1 aliphatic rings. The van der Waals surface area contributed by atoms with Crippen LogP contribution in [0.25, 0.3) is 11.1 Å². The van der Waals surface area contributed by atoms with Gasteiger partial charge in [-0.05, 0) is 29.3 Å². The summed E-state index contributed by atoms with van der Waals surface area (Å²) in [5.41, 5.74) is 2.71. The molecule has 3 aromatic rings. The molecule has 1 saturated heterocycles. The van der Waals surface area contributed by atoms with Gasteiger partial charge in [-0.25, -0.2) is 14.2 Å². The lowest BCUT2D eigenvalue weighted by Crippen LogP contribution is -2.33. The van der Waals surface area contributed by atoms with Crippen molar-refractivity contribution in [2.45, 2.75) is 24.7 Å². The van der Waals surface area contributed by atoms with Crippen LogP contribution in [0.5, 0.6) is 0 Å². The highest BCUT2D eigenvalue weighted by Crippen LogP contribution is 2.29. The Hall–Kier alpha value is -3.44. The van der Waals surface area contributed by atoms with Crippen LogP contribution in [0.15, 0.2) is 53.9 Å². The quantitative estimate of drug-likeness (QED) is 0.300. The fraction of sp³-hybridized carbons (Fsp3) is 0.304. The number of nitrogens with one attached hydrogen (secondary N) is 3. The Morgan fingerprint density at radius 3 is 2.82 bits per heavy atom. The van der Waals surface area contributed by atoms with Crippen LogP contribution in [0.4, 0.5) is 14.9 Å². The highest BCUT2D eigenvalue weighted by molar-refractivity contribution is 7.99. The summed E-state index contributed by atoms with van der Waals surface area (Å²) in [4.78, 5) is 28.7. The molecule has 0 unspecified atom stereocenters. The number of anilines is 1. The van der Waals surface area contributed by atoms with Crippen molar-refractivity contribution >= 4 is 29.4 Å². The average molecular weight is 485 g/mol. The number of amides is 2. The molecule has 4 rings (SSSR count). The van der Waals surface area contributed by atoms with Gasteiger partial charge in [-0.3, -0.25) is 14.8 Å². The number of aromatic amines is 1. The summed E-state index contributed by atoms with van der Waals surface area (Å²) < 4.78 is 20.2. The van der Waals surface area contributed by atoms with Crippen molar-refractivity contribution in [1.29, 1.82) is 0 Å². The number of carbonyl (C=O) groups is 2. The third-order valence-corrected chi connectivity index (χ3v) is 6.08. The number of benzene rings is 2. The second-order valence-electron chi connectivity index (χ2n) is 7.72. The zero-order valence-corrected chi connectivity index (χ0v) is 19.4. The van der Waals surface area contributed by atoms with Crippen LogP contribution in [0.2, 0.25) is 0 Å². The normalized spacial score (nSPS) is 15.4. The molecular weight excluding hydrogens is 459 g/mol. The number of hydrogen-bond acceptors (Lipinski definition) is 7. The molecule has 178 valence electrons. The molecule has 34 heavy (non-hydrogen) atoms. The zero-order valence-electron chi connectivity index (χ0n) is 18.6. The topological polar surface area (TPSA) is 112 Å². The first kappa shape index (κ1) is 23.7. The fourth-order valence-electron chi connectivity index (χ4n) is 3.52. The van der Waals surface area contributed by atoms with Crippen molar-refractivity contribution in [3.05, 3.63) is 60.2 Å². The second kappa shape index (κ2) is 11.1. The Labute approximate surface area is 200 Å². The molecule has 0 radical (unpaired) electrons. The van der Waals surface area contributed by atoms with Gasteiger partial charge in [0.05, 0.1) is 18.8 Å². The molecule has 11 heteroatoms. The van der Waals surface area contributed by atoms with Gasteiger partial charge in [-0.2, -0.15) is 0 Å². The van der Waals surface area contributed by atoms with Crippen LogP contribution in [0, 0.1) is 5.82 Å². The van der Waals surface area contributed by atoms with Gasteiger partial charge in [0.1, 0.15) is 18.2 Å². The number of H-pyrrole nitrogens is 1. The van der Waals surface area contributed by atoms with E-state index < -0.39 is 18.0 Å². The SMILES string of the molecule is CC(=O)NC[C@H]1CN(c2ccc(-c3ccc(CNCCSc4nc[nH]n4)cc3)c(F)c2)C(=O)O1. The number of thioether (sulfide) groups is 1. The van der Waals surface area contributed by atoms with E-state index in [0.29, 0.717) is 17.8 Å². The highest BCUT2D eigenvalue weighted by Gasteiger charge is 2.32. The first-order valence-electron chi connectivity index (χ1n) is 10.8. The van der Waals surface area contributed by atoms with E-state index in [4.69, 9.17) is 4.74 Å². The van der Waals surface area contributed by atoms with E-state index in [1.54, 1.807) is 30.2 Å². The van der Waals surface area contributed by atoms with E-state index in [0.717, 1.165) is 28.6 Å². The molecule has 0 bridgehead atoms. The van der Waals surface area contributed by atoms with Crippen LogP contribution in [-0.4, -0.2) is 58.7 Å². The van der Waals surface area contributed by atoms with Gasteiger partial charge in [-0.15, -0.1) is 5.10 Å². The van der Waals surface area contributed by atoms with E-state index in [-0.39, 0.29) is 19.0 Å². The van der Waals surface area contributed by atoms with E-state index >= 15 is 0 Å². The largest absolute Gasteiger partial charge is 0.442 e. The van der Waals surface area contributed by atoms with Crippen molar-refractivity contribution in [1.82, 2.24) is 25.8 Å². The molecule has 0 saturated carbocycles. The Morgan fingerprint density at radius 1 is 1.29 bits per heavy atom. The summed E-state index contributed by atoms with van der Waals surface area (Å²) in [5, 5.41) is 13.4. The maximum Gasteiger partial charge on any atom is 0.414 e. The molecule has 1 aliphatic heterocycles. The molecule has 1 atom stereocenters. The number of halogens is 1. The highest BCUT2D eigenvalue weighted by atomic mass is 32.2. The Morgan fingerprint density at radius 2 is 2.12 bits per heavy atom. The molecule has 2 heterocycles. The minimum absolute atomic E-state index is 0.201. The van der Waals surface area contributed by atoms with E-state index in [1.807, 2.05) is 24.3 Å². The van der Waals surface area contributed by atoms with Crippen LogP contribution >= 0.6 is 11.8 Å². The predicted molar refractivity (Wildman–Crippen MR) is 127 cm³/mol. The van der Waals surface area contributed by atoms with Gasteiger partial charge < -0.3 is 15.4 Å². The van der Waals surface area contributed by atoms with Gasteiger partial charge in [0, 0.05) is 31.3 Å². The molecule has 0 aliphatic carbocycles. The summed E-state index contributed by atoms with van der Waals surface area (Å²) in [7, 11) is 0. The molecular formula is C23H25FN6O3S. The van der Waals surface area contributed by atoms with Crippen LogP contribution in [-0.2, 0) is 16.1 Å². The van der Waals surface area contributed by atoms with Crippen LogP contribution < -0.4 is 15.5 Å². The maximum atomic E-state index is 14.9. The third-order valence-electron chi connectivity index (χ3n) is 5.21. The van der Waals surface area contributed by atoms with Crippen molar-refractivity contribution in [2.75, 3.05) is 30.3 Å². The first-order valence-corrected chi connectivity index (χ1v) is 11.8. The maximum absolute atomic E-state index is 14.9. The Bertz CT molecular complexity index is 1130. The number of aromatic nitrogens is 3. The smallest absolute Gasteiger partial charge is 0.414 e. The van der Waals surface area contributed by atoms with Gasteiger partial charge in [-0.1, -0.05) is 36.0 Å². The summed E-state index contributed by atoms with van der Waals surface area (Å²) in [6, 6.07) is 12.4. The lowest BCUT2D eigenvalue weighted by atomic mass is 10.0. The molecule has 1 aromatic heterocycles. The van der Waals surface area contributed by atoms with Gasteiger partial charge in [0.25, 0.3) is 0 Å². The number of hydrogen-bond donors (Lipinski definition) is 3. The van der Waals surface area contributed by atoms with Crippen molar-refractivity contribution < 1.29 is 18.7 Å². The third kappa shape index (κ3) is 6.12. The molecule has 1 fully saturated rings. The van der Waals surface area contributed by atoms with E-state index in [2.05, 4.69) is 25.8 Å². The van der Waals surface area contributed by atoms with Crippen LogP contribution in [0.1, 0.15) is 12.5 Å². The first-order chi connectivity index (χ1) is 16.5. The predicted octanol–water partition coefficient (Wildman–Crippen LogP) is 2.95. The van der Waals surface area contributed by atoms with Crippen molar-refractivity contribution in [3.8, 4) is 11.1 Å². The lowest BCUT2D eigenvalue weighted by Gasteiger charge is -2.15. The molecule has 9 nitrogen and oxygen atoms in total. The Kier molecular flexibility index (Phi) is 7.76. The molecule has 2 aromatic carbocycles.